The third-order valence-electron chi connectivity index (χ3n) is 3.89. The summed E-state index contributed by atoms with van der Waals surface area (Å²) in [6.45, 7) is 5.01. The lowest BCUT2D eigenvalue weighted by molar-refractivity contribution is 0.0599. The molecule has 2 atom stereocenters. The molecule has 110 valence electrons. The molecule has 1 aliphatic heterocycles. The monoisotopic (exact) mass is 292 g/mol. The molecule has 1 aromatic carbocycles. The van der Waals surface area contributed by atoms with Crippen molar-refractivity contribution in [1.29, 1.82) is 0 Å². The number of nitrogens with two attached hydrogens (primary N) is 1. The summed E-state index contributed by atoms with van der Waals surface area (Å²) in [7, 11) is 0. The Morgan fingerprint density at radius 2 is 2.20 bits per heavy atom. The van der Waals surface area contributed by atoms with E-state index in [0.29, 0.717) is 11.1 Å². The van der Waals surface area contributed by atoms with Crippen molar-refractivity contribution < 1.29 is 4.74 Å². The van der Waals surface area contributed by atoms with Gasteiger partial charge >= 0.3 is 0 Å². The molecule has 0 bridgehead atoms. The first-order valence-corrected chi connectivity index (χ1v) is 7.80. The van der Waals surface area contributed by atoms with E-state index in [1.165, 1.54) is 12.0 Å². The lowest BCUT2D eigenvalue weighted by atomic mass is 10.0. The van der Waals surface area contributed by atoms with E-state index in [4.69, 9.17) is 22.7 Å². The number of rotatable bonds is 7. The highest BCUT2D eigenvalue weighted by Crippen LogP contribution is 2.26. The number of likely N-dealkylation sites (N-methyl/N-ethyl adjacent to an activating group) is 1. The van der Waals surface area contributed by atoms with Gasteiger partial charge in [0.05, 0.1) is 11.1 Å². The average Bonchev–Trinajstić information content (AvgIpc) is 2.96. The molecule has 20 heavy (non-hydrogen) atoms. The molecule has 0 saturated carbocycles. The molecule has 1 aromatic rings. The van der Waals surface area contributed by atoms with Gasteiger partial charge in [-0.05, 0) is 24.9 Å². The zero-order valence-electron chi connectivity index (χ0n) is 12.1. The van der Waals surface area contributed by atoms with Gasteiger partial charge in [0.1, 0.15) is 0 Å². The fourth-order valence-corrected chi connectivity index (χ4v) is 3.01. The van der Waals surface area contributed by atoms with Crippen LogP contribution in [0.15, 0.2) is 30.3 Å². The van der Waals surface area contributed by atoms with Crippen LogP contribution in [0.5, 0.6) is 0 Å². The fraction of sp³-hybridized carbons (Fsp3) is 0.562. The van der Waals surface area contributed by atoms with Crippen molar-refractivity contribution in [1.82, 2.24) is 4.90 Å². The minimum atomic E-state index is 0.253. The molecule has 0 spiro atoms. The van der Waals surface area contributed by atoms with Crippen LogP contribution >= 0.6 is 12.2 Å². The lowest BCUT2D eigenvalue weighted by Crippen LogP contribution is -2.37. The van der Waals surface area contributed by atoms with Gasteiger partial charge in [-0.1, -0.05) is 49.5 Å². The van der Waals surface area contributed by atoms with Gasteiger partial charge in [0, 0.05) is 25.6 Å². The minimum Gasteiger partial charge on any atom is -0.393 e. The molecule has 2 unspecified atom stereocenters. The Morgan fingerprint density at radius 3 is 2.75 bits per heavy atom. The molecule has 0 amide bonds. The van der Waals surface area contributed by atoms with E-state index in [2.05, 4.69) is 36.1 Å². The summed E-state index contributed by atoms with van der Waals surface area (Å²) < 4.78 is 5.77. The Morgan fingerprint density at radius 1 is 1.45 bits per heavy atom. The van der Waals surface area contributed by atoms with Crippen LogP contribution in [0.1, 0.15) is 37.8 Å². The van der Waals surface area contributed by atoms with E-state index in [9.17, 15) is 0 Å². The van der Waals surface area contributed by atoms with Crippen molar-refractivity contribution in [2.24, 2.45) is 5.73 Å². The van der Waals surface area contributed by atoms with Gasteiger partial charge in [0.15, 0.2) is 0 Å². The molecule has 3 nitrogen and oxygen atoms in total. The first-order chi connectivity index (χ1) is 9.70. The number of nitrogens with zero attached hydrogens (tertiary/aromatic N) is 1. The maximum absolute atomic E-state index is 5.80. The number of hydrogen-bond acceptors (Lipinski definition) is 3. The van der Waals surface area contributed by atoms with Gasteiger partial charge in [-0.15, -0.1) is 0 Å². The van der Waals surface area contributed by atoms with Crippen molar-refractivity contribution in [3.05, 3.63) is 35.9 Å². The Balaban J connectivity index is 2.12. The van der Waals surface area contributed by atoms with Gasteiger partial charge in [0.2, 0.25) is 0 Å². The number of benzene rings is 1. The second-order valence-electron chi connectivity index (χ2n) is 5.32. The molecule has 1 heterocycles. The predicted octanol–water partition coefficient (Wildman–Crippen LogP) is 2.90. The summed E-state index contributed by atoms with van der Waals surface area (Å²) >= 11 is 5.14. The maximum Gasteiger partial charge on any atom is 0.0746 e. The van der Waals surface area contributed by atoms with Gasteiger partial charge in [0.25, 0.3) is 0 Å². The van der Waals surface area contributed by atoms with E-state index >= 15 is 0 Å². The summed E-state index contributed by atoms with van der Waals surface area (Å²) in [5, 5.41) is 0. The molecule has 4 heteroatoms. The Bertz CT molecular complexity index is 418. The highest BCUT2D eigenvalue weighted by atomic mass is 32.1. The lowest BCUT2D eigenvalue weighted by Gasteiger charge is -2.32. The molecule has 1 saturated heterocycles. The van der Waals surface area contributed by atoms with E-state index < -0.39 is 0 Å². The minimum absolute atomic E-state index is 0.253. The standard InChI is InChI=1S/C16H24N2OS/c1-2-18(12-14-9-6-10-19-14)15(11-16(17)20)13-7-4-3-5-8-13/h3-5,7-8,14-15H,2,6,9-12H2,1H3,(H2,17,20). The van der Waals surface area contributed by atoms with E-state index in [-0.39, 0.29) is 6.04 Å². The molecular weight excluding hydrogens is 268 g/mol. The van der Waals surface area contributed by atoms with Crippen molar-refractivity contribution in [3.63, 3.8) is 0 Å². The molecular formula is C16H24N2OS. The molecule has 0 aliphatic carbocycles. The molecule has 1 aliphatic rings. The van der Waals surface area contributed by atoms with Crippen LogP contribution in [0.25, 0.3) is 0 Å². The summed E-state index contributed by atoms with van der Waals surface area (Å²) in [4.78, 5) is 3.01. The van der Waals surface area contributed by atoms with E-state index in [1.54, 1.807) is 0 Å². The Labute approximate surface area is 127 Å². The van der Waals surface area contributed by atoms with Crippen molar-refractivity contribution in [2.45, 2.75) is 38.3 Å². The average molecular weight is 292 g/mol. The number of thiocarbonyl (C=S) groups is 1. The van der Waals surface area contributed by atoms with Crippen LogP contribution in [0, 0.1) is 0 Å². The zero-order chi connectivity index (χ0) is 14.4. The van der Waals surface area contributed by atoms with Gasteiger partial charge < -0.3 is 10.5 Å². The highest BCUT2D eigenvalue weighted by molar-refractivity contribution is 7.80. The topological polar surface area (TPSA) is 38.5 Å². The molecule has 0 aromatic heterocycles. The van der Waals surface area contributed by atoms with Crippen LogP contribution in [-0.2, 0) is 4.74 Å². The predicted molar refractivity (Wildman–Crippen MR) is 86.8 cm³/mol. The van der Waals surface area contributed by atoms with E-state index in [1.807, 2.05) is 6.07 Å². The van der Waals surface area contributed by atoms with Crippen LogP contribution < -0.4 is 5.73 Å². The van der Waals surface area contributed by atoms with Gasteiger partial charge in [-0.2, -0.15) is 0 Å². The largest absolute Gasteiger partial charge is 0.393 e. The van der Waals surface area contributed by atoms with Crippen molar-refractivity contribution in [3.8, 4) is 0 Å². The normalized spacial score (nSPS) is 20.2. The SMILES string of the molecule is CCN(CC1CCCO1)C(CC(N)=S)c1ccccc1. The number of ether oxygens (including phenoxy) is 1. The van der Waals surface area contributed by atoms with E-state index in [0.717, 1.165) is 32.5 Å². The Kier molecular flexibility index (Phi) is 5.95. The van der Waals surface area contributed by atoms with Crippen LogP contribution in [0.4, 0.5) is 0 Å². The van der Waals surface area contributed by atoms with Crippen LogP contribution in [0.3, 0.4) is 0 Å². The van der Waals surface area contributed by atoms with Gasteiger partial charge in [-0.25, -0.2) is 0 Å². The highest BCUT2D eigenvalue weighted by Gasteiger charge is 2.25. The smallest absolute Gasteiger partial charge is 0.0746 e. The molecule has 2 rings (SSSR count). The fourth-order valence-electron chi connectivity index (χ4n) is 2.85. The first-order valence-electron chi connectivity index (χ1n) is 7.39. The third kappa shape index (κ3) is 4.27. The summed E-state index contributed by atoms with van der Waals surface area (Å²) in [6, 6.07) is 10.7. The van der Waals surface area contributed by atoms with Crippen LogP contribution in [-0.4, -0.2) is 35.7 Å². The Hall–Kier alpha value is -0.970. The van der Waals surface area contributed by atoms with Crippen LogP contribution in [0.2, 0.25) is 0 Å². The zero-order valence-corrected chi connectivity index (χ0v) is 12.9. The second-order valence-corrected chi connectivity index (χ2v) is 5.84. The summed E-state index contributed by atoms with van der Waals surface area (Å²) in [5.74, 6) is 0. The quantitative estimate of drug-likeness (QED) is 0.784. The molecule has 1 fully saturated rings. The third-order valence-corrected chi connectivity index (χ3v) is 4.05. The van der Waals surface area contributed by atoms with Crippen molar-refractivity contribution in [2.75, 3.05) is 19.7 Å². The molecule has 0 radical (unpaired) electrons. The second kappa shape index (κ2) is 7.72. The maximum atomic E-state index is 5.80. The summed E-state index contributed by atoms with van der Waals surface area (Å²) in [6.07, 6.45) is 3.41. The summed E-state index contributed by atoms with van der Waals surface area (Å²) in [5.41, 5.74) is 7.08. The van der Waals surface area contributed by atoms with Gasteiger partial charge in [-0.3, -0.25) is 4.90 Å². The molecule has 2 N–H and O–H groups in total. The van der Waals surface area contributed by atoms with Crippen molar-refractivity contribution >= 4 is 17.2 Å². The first kappa shape index (κ1) is 15.4. The number of hydrogen-bond donors (Lipinski definition) is 1.